The van der Waals surface area contributed by atoms with Gasteiger partial charge in [-0.15, -0.1) is 11.3 Å². The number of amides is 1. The molecule has 29 heavy (non-hydrogen) atoms. The van der Waals surface area contributed by atoms with Gasteiger partial charge in [0.15, 0.2) is 0 Å². The number of hydrogen-bond acceptors (Lipinski definition) is 5. The van der Waals surface area contributed by atoms with Crippen LogP contribution in [0.25, 0.3) is 10.2 Å². The molecule has 0 saturated carbocycles. The van der Waals surface area contributed by atoms with Crippen molar-refractivity contribution in [1.82, 2.24) is 14.2 Å². The number of benzene rings is 2. The zero-order valence-electron chi connectivity index (χ0n) is 15.9. The second-order valence-corrected chi connectivity index (χ2v) is 10.3. The summed E-state index contributed by atoms with van der Waals surface area (Å²) in [5.74, 6) is -0.0603. The number of aryl methyl sites for hydroxylation is 2. The van der Waals surface area contributed by atoms with Gasteiger partial charge in [-0.2, -0.15) is 4.31 Å². The van der Waals surface area contributed by atoms with Crippen LogP contribution in [0.15, 0.2) is 46.8 Å². The monoisotopic (exact) mass is 427 g/mol. The maximum absolute atomic E-state index is 13.1. The van der Waals surface area contributed by atoms with E-state index in [9.17, 15) is 13.2 Å². The van der Waals surface area contributed by atoms with E-state index in [4.69, 9.17) is 0 Å². The van der Waals surface area contributed by atoms with E-state index in [1.54, 1.807) is 22.5 Å². The Morgan fingerprint density at radius 2 is 1.76 bits per heavy atom. The first-order chi connectivity index (χ1) is 14.0. The number of aromatic nitrogens is 1. The fraction of sp³-hybridized carbons (Fsp3) is 0.333. The Hall–Kier alpha value is -2.29. The van der Waals surface area contributed by atoms with Gasteiger partial charge in [-0.25, -0.2) is 13.4 Å². The molecule has 0 unspecified atom stereocenters. The van der Waals surface area contributed by atoms with Gasteiger partial charge >= 0.3 is 0 Å². The third-order valence-corrected chi connectivity index (χ3v) is 8.50. The molecule has 5 rings (SSSR count). The van der Waals surface area contributed by atoms with E-state index in [1.165, 1.54) is 21.2 Å². The lowest BCUT2D eigenvalue weighted by Crippen LogP contribution is -2.50. The van der Waals surface area contributed by atoms with Gasteiger partial charge in [0.25, 0.3) is 5.91 Å². The van der Waals surface area contributed by atoms with Gasteiger partial charge < -0.3 is 4.90 Å². The van der Waals surface area contributed by atoms with Crippen molar-refractivity contribution in [3.63, 3.8) is 0 Å². The minimum Gasteiger partial charge on any atom is -0.336 e. The Morgan fingerprint density at radius 1 is 0.966 bits per heavy atom. The Kier molecular flexibility index (Phi) is 4.64. The van der Waals surface area contributed by atoms with Crippen LogP contribution < -0.4 is 0 Å². The quantitative estimate of drug-likeness (QED) is 0.644. The Morgan fingerprint density at radius 3 is 2.59 bits per heavy atom. The first-order valence-electron chi connectivity index (χ1n) is 9.77. The number of carbonyl (C=O) groups is 1. The Balaban J connectivity index is 1.30. The van der Waals surface area contributed by atoms with Crippen molar-refractivity contribution in [2.75, 3.05) is 26.2 Å². The zero-order valence-corrected chi connectivity index (χ0v) is 17.5. The van der Waals surface area contributed by atoms with E-state index in [2.05, 4.69) is 4.98 Å². The second-order valence-electron chi connectivity index (χ2n) is 7.52. The molecule has 1 aromatic heterocycles. The van der Waals surface area contributed by atoms with Gasteiger partial charge in [0.1, 0.15) is 0 Å². The highest BCUT2D eigenvalue weighted by Gasteiger charge is 2.31. The van der Waals surface area contributed by atoms with E-state index < -0.39 is 10.0 Å². The van der Waals surface area contributed by atoms with Gasteiger partial charge in [-0.3, -0.25) is 4.79 Å². The molecule has 6 nitrogen and oxygen atoms in total. The number of thiazole rings is 1. The predicted molar refractivity (Wildman–Crippen MR) is 113 cm³/mol. The van der Waals surface area contributed by atoms with Crippen LogP contribution in [0, 0.1) is 0 Å². The third-order valence-electron chi connectivity index (χ3n) is 5.81. The highest BCUT2D eigenvalue weighted by atomic mass is 32.2. The summed E-state index contributed by atoms with van der Waals surface area (Å²) in [6.07, 6.45) is 3.07. The van der Waals surface area contributed by atoms with Gasteiger partial charge in [0.05, 0.1) is 20.6 Å². The first kappa shape index (κ1) is 18.7. The first-order valence-corrected chi connectivity index (χ1v) is 12.1. The van der Waals surface area contributed by atoms with Crippen LogP contribution in [0.4, 0.5) is 0 Å². The lowest BCUT2D eigenvalue weighted by atomic mass is 10.1. The molecule has 1 fully saturated rings. The molecule has 2 aromatic carbocycles. The van der Waals surface area contributed by atoms with Crippen molar-refractivity contribution in [1.29, 1.82) is 0 Å². The van der Waals surface area contributed by atoms with E-state index in [0.29, 0.717) is 36.6 Å². The van der Waals surface area contributed by atoms with E-state index in [1.807, 2.05) is 24.3 Å². The van der Waals surface area contributed by atoms with Gasteiger partial charge in [0.2, 0.25) is 10.0 Å². The van der Waals surface area contributed by atoms with Crippen molar-refractivity contribution in [3.8, 4) is 0 Å². The van der Waals surface area contributed by atoms with Crippen LogP contribution in [0.2, 0.25) is 0 Å². The molecular weight excluding hydrogens is 406 g/mol. The fourth-order valence-electron chi connectivity index (χ4n) is 4.16. The predicted octanol–water partition coefficient (Wildman–Crippen LogP) is 2.93. The zero-order chi connectivity index (χ0) is 20.0. The molecular formula is C21H21N3O3S2. The van der Waals surface area contributed by atoms with Gasteiger partial charge in [0, 0.05) is 31.7 Å². The van der Waals surface area contributed by atoms with Crippen LogP contribution in [-0.2, 0) is 22.9 Å². The fourth-order valence-corrected chi connectivity index (χ4v) is 6.35. The third kappa shape index (κ3) is 3.35. The van der Waals surface area contributed by atoms with Crippen LogP contribution in [0.3, 0.4) is 0 Å². The molecule has 1 aliphatic heterocycles. The lowest BCUT2D eigenvalue weighted by molar-refractivity contribution is 0.0698. The molecule has 1 amide bonds. The number of piperazine rings is 1. The molecule has 0 bridgehead atoms. The maximum Gasteiger partial charge on any atom is 0.253 e. The number of nitrogens with zero attached hydrogens (tertiary/aromatic N) is 3. The van der Waals surface area contributed by atoms with Crippen LogP contribution in [-0.4, -0.2) is 54.7 Å². The van der Waals surface area contributed by atoms with Gasteiger partial charge in [-0.05, 0) is 60.7 Å². The second kappa shape index (κ2) is 7.19. The van der Waals surface area contributed by atoms with E-state index in [0.717, 1.165) is 35.0 Å². The van der Waals surface area contributed by atoms with E-state index >= 15 is 0 Å². The topological polar surface area (TPSA) is 70.6 Å². The van der Waals surface area contributed by atoms with E-state index in [-0.39, 0.29) is 5.91 Å². The summed E-state index contributed by atoms with van der Waals surface area (Å²) in [7, 11) is -3.53. The molecule has 2 aliphatic rings. The molecule has 150 valence electrons. The smallest absolute Gasteiger partial charge is 0.253 e. The van der Waals surface area contributed by atoms with Crippen molar-refractivity contribution < 1.29 is 13.2 Å². The number of carbonyl (C=O) groups excluding carboxylic acids is 1. The summed E-state index contributed by atoms with van der Waals surface area (Å²) in [6.45, 7) is 1.41. The largest absolute Gasteiger partial charge is 0.336 e. The van der Waals surface area contributed by atoms with Crippen LogP contribution >= 0.6 is 11.3 Å². The molecule has 0 N–H and O–H groups in total. The summed E-state index contributed by atoms with van der Waals surface area (Å²) >= 11 is 1.51. The maximum atomic E-state index is 13.1. The lowest BCUT2D eigenvalue weighted by Gasteiger charge is -2.34. The van der Waals surface area contributed by atoms with Crippen LogP contribution in [0.1, 0.15) is 27.9 Å². The standard InChI is InChI=1S/C21H21N3O3S2/c25-21(17-5-7-19-20(13-17)28-14-22-19)23-8-10-24(11-9-23)29(26,27)18-6-4-15-2-1-3-16(15)12-18/h4-7,12-14H,1-3,8-11H2. The minimum atomic E-state index is -3.53. The Labute approximate surface area is 173 Å². The van der Waals surface area contributed by atoms with Crippen molar-refractivity contribution in [2.45, 2.75) is 24.2 Å². The molecule has 0 spiro atoms. The Bertz CT molecular complexity index is 1190. The van der Waals surface area contributed by atoms with Crippen molar-refractivity contribution >= 4 is 37.5 Å². The number of rotatable bonds is 3. The molecule has 8 heteroatoms. The summed E-state index contributed by atoms with van der Waals surface area (Å²) in [4.78, 5) is 19.2. The minimum absolute atomic E-state index is 0.0603. The molecule has 3 aromatic rings. The van der Waals surface area contributed by atoms with Gasteiger partial charge in [-0.1, -0.05) is 6.07 Å². The SMILES string of the molecule is O=C(c1ccc2ncsc2c1)N1CCN(S(=O)(=O)c2ccc3c(c2)CCC3)CC1. The number of hydrogen-bond donors (Lipinski definition) is 0. The van der Waals surface area contributed by atoms with Crippen molar-refractivity contribution in [3.05, 3.63) is 58.6 Å². The molecule has 1 aliphatic carbocycles. The summed E-state index contributed by atoms with van der Waals surface area (Å²) < 4.78 is 28.6. The molecule has 0 atom stereocenters. The van der Waals surface area contributed by atoms with Crippen LogP contribution in [0.5, 0.6) is 0 Å². The summed E-state index contributed by atoms with van der Waals surface area (Å²) in [5.41, 5.74) is 5.69. The highest BCUT2D eigenvalue weighted by molar-refractivity contribution is 7.89. The molecule has 0 radical (unpaired) electrons. The van der Waals surface area contributed by atoms with Crippen molar-refractivity contribution in [2.24, 2.45) is 0 Å². The highest BCUT2D eigenvalue weighted by Crippen LogP contribution is 2.27. The molecule has 2 heterocycles. The summed E-state index contributed by atoms with van der Waals surface area (Å²) in [5, 5.41) is 0. The number of sulfonamides is 1. The average Bonchev–Trinajstić information content (AvgIpc) is 3.41. The normalized spacial score (nSPS) is 17.6. The average molecular weight is 428 g/mol. The number of fused-ring (bicyclic) bond motifs is 2. The molecule has 1 saturated heterocycles. The summed E-state index contributed by atoms with van der Waals surface area (Å²) in [6, 6.07) is 11.0.